The van der Waals surface area contributed by atoms with Gasteiger partial charge in [-0.05, 0) is 55.9 Å². The van der Waals surface area contributed by atoms with Crippen LogP contribution in [0.4, 0.5) is 5.69 Å². The van der Waals surface area contributed by atoms with Gasteiger partial charge in [-0.1, -0.05) is 25.2 Å². The molecule has 0 aromatic heterocycles. The van der Waals surface area contributed by atoms with Crippen molar-refractivity contribution >= 4 is 17.5 Å². The fourth-order valence-electron chi connectivity index (χ4n) is 4.07. The highest BCUT2D eigenvalue weighted by atomic mass is 16.5. The van der Waals surface area contributed by atoms with E-state index in [2.05, 4.69) is 12.2 Å². The molecule has 2 atom stereocenters. The maximum atomic E-state index is 12.7. The number of benzene rings is 1. The summed E-state index contributed by atoms with van der Waals surface area (Å²) < 4.78 is 11.4. The number of carbonyl (C=O) groups is 2. The lowest BCUT2D eigenvalue weighted by molar-refractivity contribution is -0.112. The van der Waals surface area contributed by atoms with E-state index in [1.54, 1.807) is 36.4 Å². The summed E-state index contributed by atoms with van der Waals surface area (Å²) in [5.41, 5.74) is 1.89. The standard InChI is InChI=1S/C25H31N2O4/c1-18-12-14-27(15-13-18)25(29)20-4-8-21(9-5-20)26-24(28)19-6-10-22(11-7-19)31-17-23-3-2-16-30-23/h4-11,18,22-23H,2-3,12-17H2,1H3,(H,26,28). The van der Waals surface area contributed by atoms with Gasteiger partial charge in [0.05, 0.1) is 18.8 Å². The molecule has 2 saturated heterocycles. The van der Waals surface area contributed by atoms with Crippen LogP contribution in [0.2, 0.25) is 0 Å². The van der Waals surface area contributed by atoms with Gasteiger partial charge in [0.1, 0.15) is 0 Å². The van der Waals surface area contributed by atoms with Crippen molar-refractivity contribution in [3.8, 4) is 0 Å². The fraction of sp³-hybridized carbons (Fsp3) is 0.480. The van der Waals surface area contributed by atoms with Crippen LogP contribution in [-0.2, 0) is 14.3 Å². The quantitative estimate of drug-likeness (QED) is 0.757. The molecule has 1 aliphatic carbocycles. The van der Waals surface area contributed by atoms with E-state index in [0.717, 1.165) is 45.4 Å². The maximum Gasteiger partial charge on any atom is 0.255 e. The number of carbonyl (C=O) groups excluding carboxylic acids is 2. The summed E-state index contributed by atoms with van der Waals surface area (Å²) in [6.07, 6.45) is 11.6. The molecule has 2 amide bonds. The van der Waals surface area contributed by atoms with E-state index in [1.165, 1.54) is 0 Å². The van der Waals surface area contributed by atoms with Crippen LogP contribution in [0.1, 0.15) is 43.0 Å². The number of nitrogens with one attached hydrogen (secondary N) is 1. The monoisotopic (exact) mass is 423 g/mol. The fourth-order valence-corrected chi connectivity index (χ4v) is 4.07. The number of amides is 2. The zero-order valence-electron chi connectivity index (χ0n) is 18.1. The van der Waals surface area contributed by atoms with E-state index in [1.807, 2.05) is 17.4 Å². The smallest absolute Gasteiger partial charge is 0.255 e. The molecular formula is C25H31N2O4. The lowest BCUT2D eigenvalue weighted by atomic mass is 9.98. The molecule has 1 N–H and O–H groups in total. The normalized spacial score (nSPS) is 24.2. The van der Waals surface area contributed by atoms with E-state index in [4.69, 9.17) is 9.47 Å². The van der Waals surface area contributed by atoms with Crippen molar-refractivity contribution in [2.45, 2.75) is 44.8 Å². The van der Waals surface area contributed by atoms with Gasteiger partial charge in [-0.2, -0.15) is 0 Å². The molecule has 1 radical (unpaired) electrons. The predicted molar refractivity (Wildman–Crippen MR) is 120 cm³/mol. The van der Waals surface area contributed by atoms with Gasteiger partial charge in [-0.15, -0.1) is 0 Å². The third-order valence-corrected chi connectivity index (χ3v) is 6.15. The summed E-state index contributed by atoms with van der Waals surface area (Å²) >= 11 is 0. The molecule has 4 rings (SSSR count). The Bertz CT molecular complexity index is 832. The number of piperidine rings is 1. The molecule has 0 bridgehead atoms. The van der Waals surface area contributed by atoms with Gasteiger partial charge in [-0.3, -0.25) is 9.59 Å². The lowest BCUT2D eigenvalue weighted by Gasteiger charge is -2.30. The highest BCUT2D eigenvalue weighted by molar-refractivity contribution is 6.06. The van der Waals surface area contributed by atoms with Crippen molar-refractivity contribution in [1.29, 1.82) is 0 Å². The van der Waals surface area contributed by atoms with Crippen molar-refractivity contribution in [3.05, 3.63) is 60.1 Å². The molecular weight excluding hydrogens is 392 g/mol. The van der Waals surface area contributed by atoms with Gasteiger partial charge in [0.2, 0.25) is 0 Å². The van der Waals surface area contributed by atoms with Crippen molar-refractivity contribution in [3.63, 3.8) is 0 Å². The molecule has 31 heavy (non-hydrogen) atoms. The Balaban J connectivity index is 1.25. The van der Waals surface area contributed by atoms with Crippen LogP contribution < -0.4 is 5.32 Å². The molecule has 0 saturated carbocycles. The Morgan fingerprint density at radius 1 is 1.16 bits per heavy atom. The van der Waals surface area contributed by atoms with Crippen LogP contribution in [0.5, 0.6) is 0 Å². The molecule has 2 aliphatic heterocycles. The summed E-state index contributed by atoms with van der Waals surface area (Å²) in [5, 5.41) is 2.89. The first-order valence-corrected chi connectivity index (χ1v) is 11.3. The van der Waals surface area contributed by atoms with E-state index >= 15 is 0 Å². The number of rotatable bonds is 6. The first-order chi connectivity index (χ1) is 15.1. The second-order valence-corrected chi connectivity index (χ2v) is 8.61. The van der Waals surface area contributed by atoms with Crippen molar-refractivity contribution in [2.75, 3.05) is 31.6 Å². The Morgan fingerprint density at radius 2 is 1.94 bits per heavy atom. The van der Waals surface area contributed by atoms with Gasteiger partial charge in [0, 0.05) is 42.9 Å². The number of nitrogens with zero attached hydrogens (tertiary/aromatic N) is 1. The number of hydrogen-bond donors (Lipinski definition) is 1. The predicted octanol–water partition coefficient (Wildman–Crippen LogP) is 3.76. The molecule has 6 nitrogen and oxygen atoms in total. The van der Waals surface area contributed by atoms with Crippen LogP contribution >= 0.6 is 0 Å². The van der Waals surface area contributed by atoms with E-state index in [-0.39, 0.29) is 24.0 Å². The molecule has 1 aromatic carbocycles. The minimum absolute atomic E-state index is 0.0614. The third-order valence-electron chi connectivity index (χ3n) is 6.15. The molecule has 0 spiro atoms. The van der Waals surface area contributed by atoms with Gasteiger partial charge in [-0.25, -0.2) is 0 Å². The van der Waals surface area contributed by atoms with Crippen LogP contribution in [-0.4, -0.2) is 55.2 Å². The zero-order chi connectivity index (χ0) is 21.6. The van der Waals surface area contributed by atoms with Crippen LogP contribution in [0.15, 0.2) is 48.1 Å². The van der Waals surface area contributed by atoms with Gasteiger partial charge in [0.25, 0.3) is 11.8 Å². The zero-order valence-corrected chi connectivity index (χ0v) is 18.1. The van der Waals surface area contributed by atoms with Crippen LogP contribution in [0, 0.1) is 12.3 Å². The van der Waals surface area contributed by atoms with E-state index < -0.39 is 0 Å². The minimum atomic E-state index is -0.186. The summed E-state index contributed by atoms with van der Waals surface area (Å²) in [6, 6.07) is 7.12. The molecule has 2 heterocycles. The summed E-state index contributed by atoms with van der Waals surface area (Å²) in [7, 11) is 0. The first kappa shape index (κ1) is 21.8. The number of likely N-dealkylation sites (tertiary alicyclic amines) is 1. The Morgan fingerprint density at radius 3 is 2.58 bits per heavy atom. The van der Waals surface area contributed by atoms with Gasteiger partial charge >= 0.3 is 0 Å². The molecule has 2 fully saturated rings. The molecule has 6 heteroatoms. The Labute approximate surface area is 184 Å². The highest BCUT2D eigenvalue weighted by Crippen LogP contribution is 2.21. The topological polar surface area (TPSA) is 67.9 Å². The number of anilines is 1. The Kier molecular flexibility index (Phi) is 7.20. The SMILES string of the molecule is CC1CCN(C(=O)c2ccc(NC(=O)C3=C[CH]C(OCC4CCCO4)C=C3)cc2)CC1. The summed E-state index contributed by atoms with van der Waals surface area (Å²) in [4.78, 5) is 27.1. The van der Waals surface area contributed by atoms with Crippen LogP contribution in [0.3, 0.4) is 0 Å². The molecule has 1 aromatic rings. The molecule has 165 valence electrons. The second kappa shape index (κ2) is 10.2. The van der Waals surface area contributed by atoms with Gasteiger partial charge < -0.3 is 19.7 Å². The largest absolute Gasteiger partial charge is 0.376 e. The average molecular weight is 424 g/mol. The third kappa shape index (κ3) is 5.83. The van der Waals surface area contributed by atoms with Gasteiger partial charge in [0.15, 0.2) is 0 Å². The lowest BCUT2D eigenvalue weighted by Crippen LogP contribution is -2.37. The second-order valence-electron chi connectivity index (χ2n) is 8.61. The van der Waals surface area contributed by atoms with Crippen molar-refractivity contribution in [1.82, 2.24) is 4.90 Å². The average Bonchev–Trinajstić information content (AvgIpc) is 3.32. The Hall–Kier alpha value is -2.44. The highest BCUT2D eigenvalue weighted by Gasteiger charge is 2.22. The maximum absolute atomic E-state index is 12.7. The van der Waals surface area contributed by atoms with Crippen molar-refractivity contribution in [2.24, 2.45) is 5.92 Å². The summed E-state index contributed by atoms with van der Waals surface area (Å²) in [6.45, 7) is 5.24. The van der Waals surface area contributed by atoms with E-state index in [9.17, 15) is 9.59 Å². The first-order valence-electron chi connectivity index (χ1n) is 11.3. The summed E-state index contributed by atoms with van der Waals surface area (Å²) in [5.74, 6) is 0.561. The van der Waals surface area contributed by atoms with Crippen LogP contribution in [0.25, 0.3) is 0 Å². The van der Waals surface area contributed by atoms with E-state index in [0.29, 0.717) is 29.3 Å². The van der Waals surface area contributed by atoms with Crippen molar-refractivity contribution < 1.29 is 19.1 Å². The molecule has 2 unspecified atom stereocenters. The number of hydrogen-bond acceptors (Lipinski definition) is 4. The molecule has 3 aliphatic rings. The number of ether oxygens (including phenoxy) is 2. The minimum Gasteiger partial charge on any atom is -0.376 e.